The van der Waals surface area contributed by atoms with E-state index in [0.29, 0.717) is 35.9 Å². The molecule has 1 unspecified atom stereocenters. The number of para-hydroxylation sites is 1. The fourth-order valence-corrected chi connectivity index (χ4v) is 10.1. The number of carbonyl (C=O) groups excluding carboxylic acids is 3. The second-order valence-corrected chi connectivity index (χ2v) is 16.9. The maximum atomic E-state index is 14.7. The molecule has 11 heteroatoms. The summed E-state index contributed by atoms with van der Waals surface area (Å²) in [6.45, 7) is 6.48. The van der Waals surface area contributed by atoms with Crippen molar-refractivity contribution in [2.75, 3.05) is 56.0 Å². The molecule has 11 nitrogen and oxygen atoms in total. The Hall–Kier alpha value is -5.29. The number of nitrogens with one attached hydrogen (secondary N) is 2. The Kier molecular flexibility index (Phi) is 9.73. The van der Waals surface area contributed by atoms with Crippen molar-refractivity contribution in [3.63, 3.8) is 0 Å². The third-order valence-electron chi connectivity index (χ3n) is 13.7. The maximum absolute atomic E-state index is 14.7. The predicted molar refractivity (Wildman–Crippen MR) is 215 cm³/mol. The SMILES string of the molecule is O=C1CC[C@H](Nc2ccc(C3CCN(CC4CCC45CN(C(=O)C4(c6ccccc6)CCN(c6cnnc(-c7ccccc7O)c6)CC4)C5)CC3)cc2)C(=O)N1. The van der Waals surface area contributed by atoms with E-state index in [0.717, 1.165) is 88.4 Å². The first kappa shape index (κ1) is 36.4. The minimum absolute atomic E-state index is 0.180. The van der Waals surface area contributed by atoms with Gasteiger partial charge in [0, 0.05) is 55.8 Å². The van der Waals surface area contributed by atoms with Crippen molar-refractivity contribution < 1.29 is 19.5 Å². The van der Waals surface area contributed by atoms with Crippen LogP contribution in [0.25, 0.3) is 11.3 Å². The van der Waals surface area contributed by atoms with Gasteiger partial charge in [-0.2, -0.15) is 10.2 Å². The Balaban J connectivity index is 0.791. The lowest BCUT2D eigenvalue weighted by Gasteiger charge is -2.63. The van der Waals surface area contributed by atoms with Gasteiger partial charge in [0.2, 0.25) is 17.7 Å². The molecule has 0 bridgehead atoms. The summed E-state index contributed by atoms with van der Waals surface area (Å²) in [6.07, 6.45) is 8.83. The molecule has 0 radical (unpaired) electrons. The highest BCUT2D eigenvalue weighted by Crippen LogP contribution is 2.55. The summed E-state index contributed by atoms with van der Waals surface area (Å²) in [4.78, 5) is 45.5. The van der Waals surface area contributed by atoms with Crippen molar-refractivity contribution in [1.29, 1.82) is 0 Å². The number of hydrogen-bond acceptors (Lipinski definition) is 9. The molecule has 3 N–H and O–H groups in total. The second-order valence-electron chi connectivity index (χ2n) is 16.9. The van der Waals surface area contributed by atoms with Crippen molar-refractivity contribution in [1.82, 2.24) is 25.3 Å². The number of rotatable bonds is 9. The quantitative estimate of drug-likeness (QED) is 0.184. The fraction of sp³-hybridized carbons (Fsp3) is 0.444. The molecule has 1 aliphatic carbocycles. The van der Waals surface area contributed by atoms with E-state index in [-0.39, 0.29) is 34.9 Å². The smallest absolute Gasteiger partial charge is 0.249 e. The van der Waals surface area contributed by atoms with Crippen LogP contribution < -0.4 is 15.5 Å². The average molecular weight is 754 g/mol. The van der Waals surface area contributed by atoms with E-state index in [1.165, 1.54) is 18.4 Å². The Labute approximate surface area is 328 Å². The van der Waals surface area contributed by atoms with Crippen molar-refractivity contribution in [3.8, 4) is 17.0 Å². The number of hydrogen-bond donors (Lipinski definition) is 3. The molecule has 3 amide bonds. The van der Waals surface area contributed by atoms with Crippen LogP contribution in [0.2, 0.25) is 0 Å². The summed E-state index contributed by atoms with van der Waals surface area (Å²) in [7, 11) is 0. The fourth-order valence-electron chi connectivity index (χ4n) is 10.1. The number of imide groups is 1. The molecule has 2 atom stereocenters. The molecule has 9 rings (SSSR count). The molecular weight excluding hydrogens is 703 g/mol. The summed E-state index contributed by atoms with van der Waals surface area (Å²) in [5.41, 5.74) is 5.30. The highest BCUT2D eigenvalue weighted by atomic mass is 16.3. The number of amides is 3. The summed E-state index contributed by atoms with van der Waals surface area (Å²) < 4.78 is 0. The molecule has 4 aliphatic heterocycles. The highest BCUT2D eigenvalue weighted by Gasteiger charge is 2.58. The van der Waals surface area contributed by atoms with Gasteiger partial charge in [-0.15, -0.1) is 0 Å². The number of phenolic OH excluding ortho intramolecular Hbond substituents is 1. The van der Waals surface area contributed by atoms with Crippen LogP contribution in [0.3, 0.4) is 0 Å². The summed E-state index contributed by atoms with van der Waals surface area (Å²) in [6, 6.07) is 27.7. The molecule has 56 heavy (non-hydrogen) atoms. The largest absolute Gasteiger partial charge is 0.507 e. The lowest BCUT2D eigenvalue weighted by molar-refractivity contribution is -0.169. The molecule has 4 saturated heterocycles. The van der Waals surface area contributed by atoms with Crippen LogP contribution in [0.4, 0.5) is 11.4 Å². The van der Waals surface area contributed by atoms with Crippen LogP contribution in [-0.2, 0) is 19.8 Å². The highest BCUT2D eigenvalue weighted by molar-refractivity contribution is 6.01. The van der Waals surface area contributed by atoms with Gasteiger partial charge in [-0.1, -0.05) is 54.6 Å². The molecular formula is C45H51N7O4. The Bertz CT molecular complexity index is 2070. The number of aromatic nitrogens is 2. The number of piperidine rings is 3. The molecule has 290 valence electrons. The van der Waals surface area contributed by atoms with Crippen LogP contribution in [0.5, 0.6) is 5.75 Å². The lowest BCUT2D eigenvalue weighted by atomic mass is 9.55. The van der Waals surface area contributed by atoms with Crippen LogP contribution >= 0.6 is 0 Å². The Morgan fingerprint density at radius 3 is 2.29 bits per heavy atom. The van der Waals surface area contributed by atoms with Crippen LogP contribution in [0.1, 0.15) is 68.4 Å². The molecule has 4 aromatic rings. The Morgan fingerprint density at radius 1 is 0.857 bits per heavy atom. The van der Waals surface area contributed by atoms with Gasteiger partial charge in [0.15, 0.2) is 0 Å². The summed E-state index contributed by atoms with van der Waals surface area (Å²) in [5, 5.41) is 24.7. The van der Waals surface area contributed by atoms with Crippen LogP contribution in [0.15, 0.2) is 91.1 Å². The van der Waals surface area contributed by atoms with E-state index >= 15 is 0 Å². The number of likely N-dealkylation sites (tertiary alicyclic amines) is 2. The van der Waals surface area contributed by atoms with Gasteiger partial charge in [0.25, 0.3) is 0 Å². The van der Waals surface area contributed by atoms with Gasteiger partial charge in [-0.3, -0.25) is 19.7 Å². The molecule has 5 fully saturated rings. The number of anilines is 2. The minimum Gasteiger partial charge on any atom is -0.507 e. The van der Waals surface area contributed by atoms with E-state index in [1.54, 1.807) is 18.3 Å². The zero-order valence-electron chi connectivity index (χ0n) is 31.9. The Morgan fingerprint density at radius 2 is 1.59 bits per heavy atom. The van der Waals surface area contributed by atoms with E-state index in [4.69, 9.17) is 0 Å². The standard InChI is InChI=1S/C45H51N7O4/c53-40-9-5-4-8-37(40)39-26-36(27-46-49-39)51-24-20-45(21-25-51,33-6-2-1-3-7-33)43(56)52-29-44(30-52)19-16-34(44)28-50-22-17-32(18-23-50)31-10-12-35(13-11-31)47-38-14-15-41(54)48-42(38)55/h1-13,26-27,32,34,38,47,53H,14-25,28-30H2,(H,48,54,55)/t34?,38-/m0/s1. The average Bonchev–Trinajstić information content (AvgIpc) is 3.21. The summed E-state index contributed by atoms with van der Waals surface area (Å²) in [5.74, 6) is 1.17. The van der Waals surface area contributed by atoms with Crippen LogP contribution in [-0.4, -0.2) is 94.7 Å². The monoisotopic (exact) mass is 753 g/mol. The van der Waals surface area contributed by atoms with E-state index in [9.17, 15) is 19.5 Å². The van der Waals surface area contributed by atoms with Crippen molar-refractivity contribution in [2.24, 2.45) is 11.3 Å². The van der Waals surface area contributed by atoms with Gasteiger partial charge >= 0.3 is 0 Å². The van der Waals surface area contributed by atoms with Crippen molar-refractivity contribution in [2.45, 2.75) is 68.7 Å². The molecule has 3 aromatic carbocycles. The van der Waals surface area contributed by atoms with Crippen molar-refractivity contribution >= 4 is 29.1 Å². The van der Waals surface area contributed by atoms with Gasteiger partial charge in [-0.25, -0.2) is 0 Å². The maximum Gasteiger partial charge on any atom is 0.249 e. The predicted octanol–water partition coefficient (Wildman–Crippen LogP) is 5.72. The van der Waals surface area contributed by atoms with Crippen molar-refractivity contribution in [3.05, 3.63) is 102 Å². The lowest BCUT2D eigenvalue weighted by Crippen LogP contribution is -2.70. The minimum atomic E-state index is -0.555. The van der Waals surface area contributed by atoms with Gasteiger partial charge < -0.3 is 25.1 Å². The van der Waals surface area contributed by atoms with Gasteiger partial charge in [0.1, 0.15) is 11.8 Å². The second kappa shape index (κ2) is 15.0. The molecule has 5 heterocycles. The number of nitrogens with zero attached hydrogens (tertiary/aromatic N) is 5. The normalized spacial score (nSPS) is 23.6. The zero-order chi connectivity index (χ0) is 38.3. The molecule has 5 aliphatic rings. The molecule has 1 spiro atoms. The first-order valence-electron chi connectivity index (χ1n) is 20.4. The zero-order valence-corrected chi connectivity index (χ0v) is 31.9. The molecule has 1 saturated carbocycles. The topological polar surface area (TPSA) is 131 Å². The van der Waals surface area contributed by atoms with E-state index < -0.39 is 5.41 Å². The number of aromatic hydroxyl groups is 1. The number of phenols is 1. The first-order chi connectivity index (χ1) is 27.3. The van der Waals surface area contributed by atoms with Gasteiger partial charge in [0.05, 0.1) is 23.0 Å². The first-order valence-corrected chi connectivity index (χ1v) is 20.4. The summed E-state index contributed by atoms with van der Waals surface area (Å²) >= 11 is 0. The van der Waals surface area contributed by atoms with Gasteiger partial charge in [-0.05, 0) is 111 Å². The van der Waals surface area contributed by atoms with E-state index in [2.05, 4.69) is 84.1 Å². The third-order valence-corrected chi connectivity index (χ3v) is 13.7. The van der Waals surface area contributed by atoms with Crippen LogP contribution in [0, 0.1) is 11.3 Å². The number of benzene rings is 3. The third kappa shape index (κ3) is 6.91. The number of carbonyl (C=O) groups is 3. The molecule has 1 aromatic heterocycles. The van der Waals surface area contributed by atoms with E-state index in [1.807, 2.05) is 24.3 Å².